The maximum atomic E-state index is 13.9. The van der Waals surface area contributed by atoms with Crippen LogP contribution in [0.2, 0.25) is 0 Å². The van der Waals surface area contributed by atoms with E-state index in [0.29, 0.717) is 11.3 Å². The van der Waals surface area contributed by atoms with E-state index in [1.807, 2.05) is 60.7 Å². The van der Waals surface area contributed by atoms with Crippen molar-refractivity contribution in [2.45, 2.75) is 24.0 Å². The van der Waals surface area contributed by atoms with Crippen LogP contribution in [0.15, 0.2) is 138 Å². The van der Waals surface area contributed by atoms with Crippen LogP contribution < -0.4 is 19.5 Å². The number of para-hydroxylation sites is 1. The Hall–Kier alpha value is -5.68. The fraction of sp³-hybridized carbons (Fsp3) is 0.135. The van der Waals surface area contributed by atoms with Crippen molar-refractivity contribution in [2.75, 3.05) is 18.4 Å². The monoisotopic (exact) mass is 667 g/mol. The number of anilines is 1. The van der Waals surface area contributed by atoms with Gasteiger partial charge in [0, 0.05) is 24.3 Å². The van der Waals surface area contributed by atoms with Crippen LogP contribution in [0.3, 0.4) is 0 Å². The highest BCUT2D eigenvalue weighted by molar-refractivity contribution is 7.92. The molecule has 0 aliphatic rings. The Morgan fingerprint density at radius 1 is 0.792 bits per heavy atom. The van der Waals surface area contributed by atoms with E-state index in [2.05, 4.69) is 10.0 Å². The number of rotatable bonds is 14. The number of hydrogen-bond donors (Lipinski definition) is 2. The van der Waals surface area contributed by atoms with E-state index in [-0.39, 0.29) is 35.3 Å². The molecular formula is C37H34FN3O6S. The first-order chi connectivity index (χ1) is 23.2. The van der Waals surface area contributed by atoms with Crippen molar-refractivity contribution >= 4 is 27.5 Å². The van der Waals surface area contributed by atoms with Crippen LogP contribution in [0, 0.1) is 5.82 Å². The molecule has 5 aromatic rings. The number of amides is 2. The van der Waals surface area contributed by atoms with Gasteiger partial charge in [-0.2, -0.15) is 0 Å². The number of hydrogen-bond acceptors (Lipinski definition) is 6. The van der Waals surface area contributed by atoms with Crippen molar-refractivity contribution in [2.24, 2.45) is 0 Å². The third-order valence-corrected chi connectivity index (χ3v) is 8.83. The van der Waals surface area contributed by atoms with Gasteiger partial charge in [0.25, 0.3) is 15.9 Å². The van der Waals surface area contributed by atoms with Crippen LogP contribution in [0.25, 0.3) is 0 Å². The van der Waals surface area contributed by atoms with Crippen LogP contribution in [0.1, 0.15) is 22.7 Å². The maximum Gasteiger partial charge on any atom is 0.261 e. The average Bonchev–Trinajstić information content (AvgIpc) is 3.11. The molecular weight excluding hydrogens is 633 g/mol. The first kappa shape index (κ1) is 33.7. The highest BCUT2D eigenvalue weighted by atomic mass is 32.2. The minimum Gasteiger partial charge on any atom is -0.496 e. The van der Waals surface area contributed by atoms with Gasteiger partial charge in [-0.25, -0.2) is 12.8 Å². The van der Waals surface area contributed by atoms with Gasteiger partial charge >= 0.3 is 0 Å². The summed E-state index contributed by atoms with van der Waals surface area (Å²) in [6, 6.07) is 35.2. The van der Waals surface area contributed by atoms with Crippen molar-refractivity contribution < 1.29 is 31.9 Å². The van der Waals surface area contributed by atoms with Crippen LogP contribution in [0.5, 0.6) is 11.5 Å². The molecule has 9 nitrogen and oxygen atoms in total. The van der Waals surface area contributed by atoms with Gasteiger partial charge < -0.3 is 19.7 Å². The second-order valence-corrected chi connectivity index (χ2v) is 12.4. The number of methoxy groups -OCH3 is 1. The number of carbonyl (C=O) groups is 2. The minimum atomic E-state index is -3.96. The zero-order chi connectivity index (χ0) is 33.9. The molecule has 0 fully saturated rings. The maximum absolute atomic E-state index is 13.9. The highest BCUT2D eigenvalue weighted by Crippen LogP contribution is 2.26. The Kier molecular flexibility index (Phi) is 11.0. The van der Waals surface area contributed by atoms with Gasteiger partial charge in [0.05, 0.1) is 12.0 Å². The molecule has 1 atom stereocenters. The first-order valence-corrected chi connectivity index (χ1v) is 16.5. The van der Waals surface area contributed by atoms with Crippen LogP contribution in [0.4, 0.5) is 10.1 Å². The number of ether oxygens (including phenoxy) is 2. The Balaban J connectivity index is 1.35. The molecule has 0 spiro atoms. The normalized spacial score (nSPS) is 11.6. The SMILES string of the molecule is COc1ccccc1CNC(=O)[C@@H](c1ccccc1)N(Cc1ccccc1)C(=O)COc1ccc(S(=O)(=O)Nc2ccc(F)cc2)cc1. The Morgan fingerprint density at radius 2 is 1.42 bits per heavy atom. The van der Waals surface area contributed by atoms with Gasteiger partial charge in [0.2, 0.25) is 5.91 Å². The number of benzene rings is 5. The number of carbonyl (C=O) groups excluding carboxylic acids is 2. The molecule has 2 N–H and O–H groups in total. The summed E-state index contributed by atoms with van der Waals surface area (Å²) in [5.74, 6) is -0.459. The van der Waals surface area contributed by atoms with E-state index in [4.69, 9.17) is 9.47 Å². The van der Waals surface area contributed by atoms with E-state index in [1.54, 1.807) is 31.4 Å². The van der Waals surface area contributed by atoms with Gasteiger partial charge in [0.1, 0.15) is 23.4 Å². The van der Waals surface area contributed by atoms with Crippen molar-refractivity contribution in [1.82, 2.24) is 10.2 Å². The molecule has 0 radical (unpaired) electrons. The molecule has 0 aliphatic carbocycles. The molecule has 0 saturated carbocycles. The lowest BCUT2D eigenvalue weighted by molar-refractivity contribution is -0.143. The van der Waals surface area contributed by atoms with Gasteiger partial charge in [-0.15, -0.1) is 0 Å². The summed E-state index contributed by atoms with van der Waals surface area (Å²) in [6.45, 7) is -0.117. The third-order valence-electron chi connectivity index (χ3n) is 7.43. The molecule has 11 heteroatoms. The molecule has 48 heavy (non-hydrogen) atoms. The second kappa shape index (κ2) is 15.7. The highest BCUT2D eigenvalue weighted by Gasteiger charge is 2.32. The van der Waals surface area contributed by atoms with E-state index < -0.39 is 34.4 Å². The Labute approximate surface area is 279 Å². The van der Waals surface area contributed by atoms with Crippen LogP contribution in [-0.2, 0) is 32.7 Å². The van der Waals surface area contributed by atoms with Gasteiger partial charge in [-0.3, -0.25) is 14.3 Å². The van der Waals surface area contributed by atoms with E-state index in [0.717, 1.165) is 23.3 Å². The van der Waals surface area contributed by atoms with Crippen molar-refractivity contribution in [3.63, 3.8) is 0 Å². The number of sulfonamides is 1. The smallest absolute Gasteiger partial charge is 0.261 e. The fourth-order valence-electron chi connectivity index (χ4n) is 5.01. The molecule has 0 aliphatic heterocycles. The zero-order valence-corrected chi connectivity index (χ0v) is 26.9. The Bertz CT molecular complexity index is 1920. The predicted octanol–water partition coefficient (Wildman–Crippen LogP) is 6.10. The lowest BCUT2D eigenvalue weighted by Gasteiger charge is -2.31. The van der Waals surface area contributed by atoms with Crippen molar-refractivity contribution in [3.8, 4) is 11.5 Å². The number of halogens is 1. The summed E-state index contributed by atoms with van der Waals surface area (Å²) in [5, 5.41) is 2.97. The lowest BCUT2D eigenvalue weighted by atomic mass is 10.0. The number of nitrogens with one attached hydrogen (secondary N) is 2. The summed E-state index contributed by atoms with van der Waals surface area (Å²) in [6.07, 6.45) is 0. The minimum absolute atomic E-state index is 0.0490. The molecule has 0 aromatic heterocycles. The number of nitrogens with zero attached hydrogens (tertiary/aromatic N) is 1. The molecule has 0 bridgehead atoms. The summed E-state index contributed by atoms with van der Waals surface area (Å²) < 4.78 is 52.5. The molecule has 246 valence electrons. The molecule has 0 heterocycles. The van der Waals surface area contributed by atoms with E-state index >= 15 is 0 Å². The predicted molar refractivity (Wildman–Crippen MR) is 180 cm³/mol. The summed E-state index contributed by atoms with van der Waals surface area (Å²) in [5.41, 5.74) is 2.42. The Morgan fingerprint density at radius 3 is 2.08 bits per heavy atom. The fourth-order valence-corrected chi connectivity index (χ4v) is 6.07. The standard InChI is InChI=1S/C37H34FN3O6S/c1-46-34-15-9-8-14-29(34)24-39-37(43)36(28-12-6-3-7-13-28)41(25-27-10-4-2-5-11-27)35(42)26-47-32-20-22-33(23-21-32)48(44,45)40-31-18-16-30(38)17-19-31/h2-23,36,40H,24-26H2,1H3,(H,39,43)/t36-/m1/s1. The van der Waals surface area contributed by atoms with Crippen LogP contribution in [-0.4, -0.2) is 38.8 Å². The van der Waals surface area contributed by atoms with Gasteiger partial charge in [-0.05, 0) is 65.7 Å². The van der Waals surface area contributed by atoms with Crippen molar-refractivity contribution in [3.05, 3.63) is 156 Å². The topological polar surface area (TPSA) is 114 Å². The summed E-state index contributed by atoms with van der Waals surface area (Å²) in [7, 11) is -2.40. The second-order valence-electron chi connectivity index (χ2n) is 10.7. The summed E-state index contributed by atoms with van der Waals surface area (Å²) >= 11 is 0. The van der Waals surface area contributed by atoms with E-state index in [9.17, 15) is 22.4 Å². The summed E-state index contributed by atoms with van der Waals surface area (Å²) in [4.78, 5) is 29.3. The first-order valence-electron chi connectivity index (χ1n) is 15.0. The van der Waals surface area contributed by atoms with E-state index in [1.165, 1.54) is 41.3 Å². The molecule has 2 amide bonds. The molecule has 5 aromatic carbocycles. The quantitative estimate of drug-likeness (QED) is 0.148. The lowest BCUT2D eigenvalue weighted by Crippen LogP contribution is -2.45. The van der Waals surface area contributed by atoms with Crippen LogP contribution >= 0.6 is 0 Å². The third kappa shape index (κ3) is 8.77. The van der Waals surface area contributed by atoms with Gasteiger partial charge in [0.15, 0.2) is 6.61 Å². The van der Waals surface area contributed by atoms with Gasteiger partial charge in [-0.1, -0.05) is 78.9 Å². The zero-order valence-electron chi connectivity index (χ0n) is 26.1. The largest absolute Gasteiger partial charge is 0.496 e. The molecule has 5 rings (SSSR count). The molecule has 0 unspecified atom stereocenters. The van der Waals surface area contributed by atoms with Crippen molar-refractivity contribution in [1.29, 1.82) is 0 Å². The average molecular weight is 668 g/mol. The molecule has 0 saturated heterocycles.